The molecule has 0 fully saturated rings. The zero-order valence-corrected chi connectivity index (χ0v) is 15.4. The first kappa shape index (κ1) is 18.9. The Labute approximate surface area is 151 Å². The van der Waals surface area contributed by atoms with Crippen LogP contribution in [0.15, 0.2) is 23.4 Å². The average molecular weight is 365 g/mol. The summed E-state index contributed by atoms with van der Waals surface area (Å²) in [5.41, 5.74) is 1.06. The highest BCUT2D eigenvalue weighted by Crippen LogP contribution is 2.27. The number of thioether (sulfide) groups is 1. The molecule has 0 bridgehead atoms. The van der Waals surface area contributed by atoms with Gasteiger partial charge >= 0.3 is 0 Å². The Bertz CT molecular complexity index is 720. The quantitative estimate of drug-likeness (QED) is 0.505. The maximum Gasteiger partial charge on any atom is 0.230 e. The molecule has 136 valence electrons. The van der Waals surface area contributed by atoms with Gasteiger partial charge < -0.3 is 20.6 Å². The van der Waals surface area contributed by atoms with E-state index in [4.69, 9.17) is 15.3 Å². The fourth-order valence-corrected chi connectivity index (χ4v) is 2.92. The monoisotopic (exact) mass is 365 g/mol. The Kier molecular flexibility index (Phi) is 6.93. The highest BCUT2D eigenvalue weighted by molar-refractivity contribution is 7.99. The largest absolute Gasteiger partial charge is 0.493 e. The van der Waals surface area contributed by atoms with Crippen LogP contribution in [0.3, 0.4) is 0 Å². The topological polar surface area (TPSA) is 104 Å². The van der Waals surface area contributed by atoms with E-state index in [2.05, 4.69) is 15.5 Å². The van der Waals surface area contributed by atoms with Crippen molar-refractivity contribution in [1.29, 1.82) is 0 Å². The summed E-state index contributed by atoms with van der Waals surface area (Å²) in [5, 5.41) is 11.3. The number of hydrogen-bond acceptors (Lipinski definition) is 7. The molecule has 2 rings (SSSR count). The van der Waals surface area contributed by atoms with Crippen molar-refractivity contribution in [2.24, 2.45) is 0 Å². The zero-order valence-electron chi connectivity index (χ0n) is 14.6. The lowest BCUT2D eigenvalue weighted by Gasteiger charge is -2.10. The Morgan fingerprint density at radius 2 is 2.04 bits per heavy atom. The molecule has 0 aliphatic carbocycles. The molecule has 3 N–H and O–H groups in total. The van der Waals surface area contributed by atoms with Gasteiger partial charge in [0, 0.05) is 13.0 Å². The van der Waals surface area contributed by atoms with Crippen molar-refractivity contribution in [1.82, 2.24) is 20.2 Å². The van der Waals surface area contributed by atoms with Crippen LogP contribution in [-0.4, -0.2) is 47.3 Å². The third kappa shape index (κ3) is 5.02. The summed E-state index contributed by atoms with van der Waals surface area (Å²) in [6.45, 7) is 2.48. The van der Waals surface area contributed by atoms with Gasteiger partial charge in [0.1, 0.15) is 0 Å². The molecule has 2 aromatic rings. The molecule has 1 heterocycles. The molecular formula is C16H23N5O3S. The minimum atomic E-state index is -0.0773. The van der Waals surface area contributed by atoms with E-state index in [0.717, 1.165) is 5.56 Å². The number of methoxy groups -OCH3 is 2. The third-order valence-corrected chi connectivity index (χ3v) is 4.51. The molecule has 1 aromatic heterocycles. The number of benzene rings is 1. The SMILES string of the molecule is CCc1nnc(SCC(=O)NCCc2ccc(OC)c(OC)c2)n1N. The molecule has 0 spiro atoms. The number of hydrogen-bond donors (Lipinski definition) is 2. The van der Waals surface area contributed by atoms with Crippen molar-refractivity contribution < 1.29 is 14.3 Å². The molecule has 0 aliphatic rings. The van der Waals surface area contributed by atoms with Crippen molar-refractivity contribution in [3.8, 4) is 11.5 Å². The molecule has 0 atom stereocenters. The van der Waals surface area contributed by atoms with Crippen LogP contribution in [-0.2, 0) is 17.6 Å². The van der Waals surface area contributed by atoms with Crippen LogP contribution in [0.1, 0.15) is 18.3 Å². The molecule has 1 aromatic carbocycles. The van der Waals surface area contributed by atoms with Crippen LogP contribution < -0.4 is 20.6 Å². The van der Waals surface area contributed by atoms with Crippen LogP contribution in [0.25, 0.3) is 0 Å². The van der Waals surface area contributed by atoms with Gasteiger partial charge in [-0.25, -0.2) is 4.68 Å². The van der Waals surface area contributed by atoms with Gasteiger partial charge in [-0.05, 0) is 24.1 Å². The molecule has 0 unspecified atom stereocenters. The normalized spacial score (nSPS) is 10.5. The first-order chi connectivity index (χ1) is 12.1. The average Bonchev–Trinajstić information content (AvgIpc) is 2.99. The number of nitrogens with one attached hydrogen (secondary N) is 1. The number of amides is 1. The van der Waals surface area contributed by atoms with Crippen LogP contribution in [0.4, 0.5) is 0 Å². The van der Waals surface area contributed by atoms with Gasteiger partial charge in [-0.1, -0.05) is 24.8 Å². The summed E-state index contributed by atoms with van der Waals surface area (Å²) in [5.74, 6) is 8.06. The summed E-state index contributed by atoms with van der Waals surface area (Å²) in [6.07, 6.45) is 1.39. The number of aryl methyl sites for hydroxylation is 1. The van der Waals surface area contributed by atoms with E-state index in [1.54, 1.807) is 14.2 Å². The fraction of sp³-hybridized carbons (Fsp3) is 0.438. The maximum atomic E-state index is 11.9. The van der Waals surface area contributed by atoms with Crippen molar-refractivity contribution in [2.75, 3.05) is 32.4 Å². The number of nitrogens with two attached hydrogens (primary N) is 1. The number of nitrogens with zero attached hydrogens (tertiary/aromatic N) is 3. The number of aromatic nitrogens is 3. The standard InChI is InChI=1S/C16H23N5O3S/c1-4-14-19-20-16(21(14)17)25-10-15(22)18-8-7-11-5-6-12(23-2)13(9-11)24-3/h5-6,9H,4,7-8,10,17H2,1-3H3,(H,18,22). The number of ether oxygens (including phenoxy) is 2. The minimum absolute atomic E-state index is 0.0773. The van der Waals surface area contributed by atoms with Gasteiger partial charge in [-0.2, -0.15) is 0 Å². The van der Waals surface area contributed by atoms with Crippen LogP contribution >= 0.6 is 11.8 Å². The zero-order chi connectivity index (χ0) is 18.2. The molecule has 8 nitrogen and oxygen atoms in total. The molecule has 25 heavy (non-hydrogen) atoms. The number of nitrogen functional groups attached to an aromatic ring is 1. The van der Waals surface area contributed by atoms with E-state index in [0.29, 0.717) is 41.9 Å². The number of carbonyl (C=O) groups is 1. The van der Waals surface area contributed by atoms with Gasteiger partial charge in [0.2, 0.25) is 11.1 Å². The second-order valence-corrected chi connectivity index (χ2v) is 6.14. The Morgan fingerprint density at radius 3 is 2.68 bits per heavy atom. The molecule has 0 radical (unpaired) electrons. The predicted octanol–water partition coefficient (Wildman–Crippen LogP) is 1.02. The molecule has 9 heteroatoms. The minimum Gasteiger partial charge on any atom is -0.493 e. The second-order valence-electron chi connectivity index (χ2n) is 5.20. The molecule has 0 saturated heterocycles. The lowest BCUT2D eigenvalue weighted by atomic mass is 10.1. The Balaban J connectivity index is 1.77. The summed E-state index contributed by atoms with van der Waals surface area (Å²) < 4.78 is 11.9. The first-order valence-corrected chi connectivity index (χ1v) is 8.87. The van der Waals surface area contributed by atoms with Gasteiger partial charge in [0.05, 0.1) is 20.0 Å². The maximum absolute atomic E-state index is 11.9. The van der Waals surface area contributed by atoms with Gasteiger partial charge in [0.15, 0.2) is 17.3 Å². The smallest absolute Gasteiger partial charge is 0.230 e. The van der Waals surface area contributed by atoms with E-state index < -0.39 is 0 Å². The Morgan fingerprint density at radius 1 is 1.28 bits per heavy atom. The van der Waals surface area contributed by atoms with E-state index in [1.165, 1.54) is 16.4 Å². The van der Waals surface area contributed by atoms with Crippen molar-refractivity contribution in [3.05, 3.63) is 29.6 Å². The summed E-state index contributed by atoms with van der Waals surface area (Å²) >= 11 is 1.26. The van der Waals surface area contributed by atoms with Crippen molar-refractivity contribution in [2.45, 2.75) is 24.9 Å². The predicted molar refractivity (Wildman–Crippen MR) is 96.5 cm³/mol. The third-order valence-electron chi connectivity index (χ3n) is 3.57. The van der Waals surface area contributed by atoms with Gasteiger partial charge in [-0.15, -0.1) is 10.2 Å². The molecule has 0 saturated carbocycles. The van der Waals surface area contributed by atoms with Crippen molar-refractivity contribution >= 4 is 17.7 Å². The highest BCUT2D eigenvalue weighted by atomic mass is 32.2. The van der Waals surface area contributed by atoms with Crippen LogP contribution in [0.2, 0.25) is 0 Å². The fourth-order valence-electron chi connectivity index (χ4n) is 2.21. The summed E-state index contributed by atoms with van der Waals surface area (Å²) in [4.78, 5) is 11.9. The van der Waals surface area contributed by atoms with E-state index >= 15 is 0 Å². The Hall–Kier alpha value is -2.42. The van der Waals surface area contributed by atoms with Crippen LogP contribution in [0.5, 0.6) is 11.5 Å². The van der Waals surface area contributed by atoms with Crippen molar-refractivity contribution in [3.63, 3.8) is 0 Å². The molecule has 0 aliphatic heterocycles. The van der Waals surface area contributed by atoms with E-state index in [1.807, 2.05) is 25.1 Å². The van der Waals surface area contributed by atoms with E-state index in [9.17, 15) is 4.79 Å². The first-order valence-electron chi connectivity index (χ1n) is 7.88. The van der Waals surface area contributed by atoms with Gasteiger partial charge in [0.25, 0.3) is 0 Å². The summed E-state index contributed by atoms with van der Waals surface area (Å²) in [7, 11) is 3.20. The molecule has 1 amide bonds. The molecular weight excluding hydrogens is 342 g/mol. The lowest BCUT2D eigenvalue weighted by Crippen LogP contribution is -2.27. The highest BCUT2D eigenvalue weighted by Gasteiger charge is 2.11. The lowest BCUT2D eigenvalue weighted by molar-refractivity contribution is -0.118. The van der Waals surface area contributed by atoms with Crippen LogP contribution in [0, 0.1) is 0 Å². The number of rotatable bonds is 9. The van der Waals surface area contributed by atoms with Gasteiger partial charge in [-0.3, -0.25) is 4.79 Å². The second kappa shape index (κ2) is 9.16. The summed E-state index contributed by atoms with van der Waals surface area (Å²) in [6, 6.07) is 5.71. The number of carbonyl (C=O) groups excluding carboxylic acids is 1. The van der Waals surface area contributed by atoms with E-state index in [-0.39, 0.29) is 11.7 Å².